The van der Waals surface area contributed by atoms with Crippen molar-refractivity contribution in [3.8, 4) is 11.4 Å². The fourth-order valence-corrected chi connectivity index (χ4v) is 2.90. The van der Waals surface area contributed by atoms with Crippen LogP contribution in [0.2, 0.25) is 5.02 Å². The van der Waals surface area contributed by atoms with Crippen LogP contribution in [0.1, 0.15) is 11.4 Å². The number of H-pyrrole nitrogens is 1. The van der Waals surface area contributed by atoms with Crippen LogP contribution in [0.3, 0.4) is 0 Å². The van der Waals surface area contributed by atoms with Crippen molar-refractivity contribution in [3.63, 3.8) is 0 Å². The molecule has 0 saturated carbocycles. The lowest BCUT2D eigenvalue weighted by Gasteiger charge is -2.11. The van der Waals surface area contributed by atoms with Gasteiger partial charge in [-0.3, -0.25) is 0 Å². The molecule has 3 N–H and O–H groups in total. The number of aromatic amines is 1. The van der Waals surface area contributed by atoms with Crippen molar-refractivity contribution in [1.82, 2.24) is 25.1 Å². The molecule has 4 aromatic rings. The smallest absolute Gasteiger partial charge is 0.224 e. The zero-order chi connectivity index (χ0) is 19.3. The van der Waals surface area contributed by atoms with Crippen LogP contribution in [0.4, 0.5) is 17.6 Å². The molecule has 2 aromatic carbocycles. The predicted octanol–water partition coefficient (Wildman–Crippen LogP) is 4.58. The number of aryl methyl sites for hydroxylation is 1. The van der Waals surface area contributed by atoms with Crippen LogP contribution in [-0.4, -0.2) is 25.1 Å². The maximum Gasteiger partial charge on any atom is 0.224 e. The number of halogens is 1. The third kappa shape index (κ3) is 4.27. The van der Waals surface area contributed by atoms with Crippen LogP contribution in [-0.2, 0) is 6.54 Å². The summed E-state index contributed by atoms with van der Waals surface area (Å²) in [6.45, 7) is 2.45. The minimum atomic E-state index is 0.510. The van der Waals surface area contributed by atoms with Gasteiger partial charge in [-0.1, -0.05) is 54.1 Å². The van der Waals surface area contributed by atoms with Crippen molar-refractivity contribution >= 4 is 29.2 Å². The van der Waals surface area contributed by atoms with Gasteiger partial charge >= 0.3 is 0 Å². The summed E-state index contributed by atoms with van der Waals surface area (Å²) in [6, 6.07) is 19.4. The van der Waals surface area contributed by atoms with E-state index < -0.39 is 0 Å². The average molecular weight is 392 g/mol. The fraction of sp³-hybridized carbons (Fsp3) is 0.100. The normalized spacial score (nSPS) is 10.6. The highest BCUT2D eigenvalue weighted by molar-refractivity contribution is 6.33. The van der Waals surface area contributed by atoms with Gasteiger partial charge in [0.25, 0.3) is 0 Å². The second kappa shape index (κ2) is 8.06. The lowest BCUT2D eigenvalue weighted by molar-refractivity contribution is 1.04. The maximum absolute atomic E-state index is 6.35. The molecule has 28 heavy (non-hydrogen) atoms. The molecule has 0 aliphatic rings. The summed E-state index contributed by atoms with van der Waals surface area (Å²) in [6.07, 6.45) is 0. The summed E-state index contributed by atoms with van der Waals surface area (Å²) in [7, 11) is 0. The molecular weight excluding hydrogens is 374 g/mol. The molecule has 0 unspecified atom stereocenters. The van der Waals surface area contributed by atoms with E-state index in [0.29, 0.717) is 40.8 Å². The summed E-state index contributed by atoms with van der Waals surface area (Å²) in [5, 5.41) is 13.9. The third-order valence-corrected chi connectivity index (χ3v) is 4.33. The zero-order valence-corrected chi connectivity index (χ0v) is 15.9. The topological polar surface area (TPSA) is 91.4 Å². The number of hydrogen-bond donors (Lipinski definition) is 3. The predicted molar refractivity (Wildman–Crippen MR) is 111 cm³/mol. The van der Waals surface area contributed by atoms with E-state index in [0.717, 1.165) is 11.1 Å². The first-order valence-electron chi connectivity index (χ1n) is 8.75. The van der Waals surface area contributed by atoms with Gasteiger partial charge in [0, 0.05) is 18.2 Å². The van der Waals surface area contributed by atoms with Crippen molar-refractivity contribution in [3.05, 3.63) is 77.1 Å². The number of nitrogens with zero attached hydrogens (tertiary/aromatic N) is 4. The van der Waals surface area contributed by atoms with E-state index in [1.165, 1.54) is 0 Å². The Hall–Kier alpha value is -3.45. The zero-order valence-electron chi connectivity index (χ0n) is 15.1. The van der Waals surface area contributed by atoms with Crippen molar-refractivity contribution in [2.45, 2.75) is 13.5 Å². The average Bonchev–Trinajstić information content (AvgIpc) is 3.12. The van der Waals surface area contributed by atoms with Crippen LogP contribution in [0.15, 0.2) is 60.7 Å². The third-order valence-electron chi connectivity index (χ3n) is 4.00. The number of benzene rings is 2. The highest BCUT2D eigenvalue weighted by atomic mass is 35.5. The van der Waals surface area contributed by atoms with Gasteiger partial charge in [-0.15, -0.1) is 0 Å². The van der Waals surface area contributed by atoms with Gasteiger partial charge in [-0.05, 0) is 24.6 Å². The first kappa shape index (κ1) is 17.9. The van der Waals surface area contributed by atoms with Gasteiger partial charge in [-0.25, -0.2) is 15.1 Å². The van der Waals surface area contributed by atoms with Gasteiger partial charge in [0.05, 0.1) is 5.02 Å². The van der Waals surface area contributed by atoms with Gasteiger partial charge < -0.3 is 10.6 Å². The highest BCUT2D eigenvalue weighted by Gasteiger charge is 2.11. The molecule has 2 aromatic heterocycles. The van der Waals surface area contributed by atoms with Crippen molar-refractivity contribution < 1.29 is 0 Å². The molecule has 8 heteroatoms. The Morgan fingerprint density at radius 2 is 1.68 bits per heavy atom. The van der Waals surface area contributed by atoms with E-state index in [2.05, 4.69) is 47.9 Å². The molecule has 0 radical (unpaired) electrons. The summed E-state index contributed by atoms with van der Waals surface area (Å²) in [4.78, 5) is 13.5. The van der Waals surface area contributed by atoms with Gasteiger partial charge in [0.2, 0.25) is 5.95 Å². The molecular formula is C20H18ClN7. The molecule has 7 nitrogen and oxygen atoms in total. The Labute approximate surface area is 167 Å². The second-order valence-corrected chi connectivity index (χ2v) is 6.54. The number of rotatable bonds is 6. The molecule has 0 spiro atoms. The van der Waals surface area contributed by atoms with E-state index in [4.69, 9.17) is 11.6 Å². The number of aromatic nitrogens is 5. The van der Waals surface area contributed by atoms with E-state index in [1.54, 1.807) is 0 Å². The molecule has 0 atom stereocenters. The quantitative estimate of drug-likeness (QED) is 0.445. The highest BCUT2D eigenvalue weighted by Crippen LogP contribution is 2.27. The molecule has 4 rings (SSSR count). The second-order valence-electron chi connectivity index (χ2n) is 6.14. The summed E-state index contributed by atoms with van der Waals surface area (Å²) < 4.78 is 0. The monoisotopic (exact) mass is 391 g/mol. The fourth-order valence-electron chi connectivity index (χ4n) is 2.68. The Balaban J connectivity index is 1.67. The lowest BCUT2D eigenvalue weighted by atomic mass is 10.2. The minimum absolute atomic E-state index is 0.510. The number of nitrogens with one attached hydrogen (secondary N) is 3. The van der Waals surface area contributed by atoms with E-state index in [-0.39, 0.29) is 0 Å². The molecule has 140 valence electrons. The SMILES string of the molecule is Cc1n[nH]c(Nc2cc(NCc3ccccc3)nc(-c3ccccc3Cl)n2)n1. The minimum Gasteiger partial charge on any atom is -0.366 e. The summed E-state index contributed by atoms with van der Waals surface area (Å²) >= 11 is 6.35. The van der Waals surface area contributed by atoms with Gasteiger partial charge in [0.1, 0.15) is 17.5 Å². The van der Waals surface area contributed by atoms with Crippen LogP contribution in [0, 0.1) is 6.92 Å². The molecule has 0 fully saturated rings. The largest absolute Gasteiger partial charge is 0.366 e. The van der Waals surface area contributed by atoms with Crippen LogP contribution >= 0.6 is 11.6 Å². The first-order chi connectivity index (χ1) is 13.7. The molecule has 0 saturated heterocycles. The summed E-state index contributed by atoms with van der Waals surface area (Å²) in [5.41, 5.74) is 1.91. The maximum atomic E-state index is 6.35. The van der Waals surface area contributed by atoms with Gasteiger partial charge in [-0.2, -0.15) is 10.1 Å². The van der Waals surface area contributed by atoms with E-state index >= 15 is 0 Å². The summed E-state index contributed by atoms with van der Waals surface area (Å²) in [5.74, 6) is 2.92. The Bertz CT molecular complexity index is 1080. The standard InChI is InChI=1S/C20H18ClN7/c1-13-23-20(28-27-13)26-18-11-17(22-12-14-7-3-2-4-8-14)24-19(25-18)15-9-5-6-10-16(15)21/h2-11H,12H2,1H3,(H3,22,23,24,25,26,27,28). The van der Waals surface area contributed by atoms with E-state index in [9.17, 15) is 0 Å². The lowest BCUT2D eigenvalue weighted by Crippen LogP contribution is -2.05. The van der Waals surface area contributed by atoms with Crippen molar-refractivity contribution in [2.24, 2.45) is 0 Å². The molecule has 0 amide bonds. The Morgan fingerprint density at radius 3 is 2.43 bits per heavy atom. The first-order valence-corrected chi connectivity index (χ1v) is 9.13. The van der Waals surface area contributed by atoms with Crippen LogP contribution in [0.25, 0.3) is 11.4 Å². The Kier molecular flexibility index (Phi) is 5.16. The Morgan fingerprint density at radius 1 is 0.929 bits per heavy atom. The van der Waals surface area contributed by atoms with Crippen molar-refractivity contribution in [2.75, 3.05) is 10.6 Å². The number of anilines is 3. The molecule has 0 bridgehead atoms. The molecule has 2 heterocycles. The molecule has 0 aliphatic heterocycles. The molecule has 0 aliphatic carbocycles. The van der Waals surface area contributed by atoms with Crippen molar-refractivity contribution in [1.29, 1.82) is 0 Å². The van der Waals surface area contributed by atoms with Crippen LogP contribution < -0.4 is 10.6 Å². The van der Waals surface area contributed by atoms with Gasteiger partial charge in [0.15, 0.2) is 5.82 Å². The van der Waals surface area contributed by atoms with E-state index in [1.807, 2.05) is 55.5 Å². The number of hydrogen-bond acceptors (Lipinski definition) is 6. The van der Waals surface area contributed by atoms with Crippen LogP contribution in [0.5, 0.6) is 0 Å².